The van der Waals surface area contributed by atoms with Gasteiger partial charge < -0.3 is 24.9 Å². The van der Waals surface area contributed by atoms with Crippen molar-refractivity contribution in [3.63, 3.8) is 0 Å². The Morgan fingerprint density at radius 2 is 1.16 bits per heavy atom. The Balaban J connectivity index is 1.24. The quantitative estimate of drug-likeness (QED) is 0.415. The fourth-order valence-electron chi connectivity index (χ4n) is 5.31. The highest BCUT2D eigenvalue weighted by molar-refractivity contribution is 5.95. The smallest absolute Gasteiger partial charge is 0.0730 e. The average Bonchev–Trinajstić information content (AvgIpc) is 2.94. The number of fused-ring (bicyclic) bond motifs is 1. The third kappa shape index (κ3) is 5.26. The summed E-state index contributed by atoms with van der Waals surface area (Å²) in [5.41, 5.74) is 7.87. The van der Waals surface area contributed by atoms with Gasteiger partial charge in [0.05, 0.1) is 16.9 Å². The van der Waals surface area contributed by atoms with Crippen LogP contribution >= 0.6 is 0 Å². The van der Waals surface area contributed by atoms with Gasteiger partial charge in [-0.1, -0.05) is 30.3 Å². The van der Waals surface area contributed by atoms with Gasteiger partial charge >= 0.3 is 0 Å². The van der Waals surface area contributed by atoms with E-state index in [1.54, 1.807) is 0 Å². The molecule has 0 spiro atoms. The number of hydrogen-bond acceptors (Lipinski definition) is 6. The number of nitrogens with one attached hydrogen (secondary N) is 1. The number of rotatable bonds is 5. The summed E-state index contributed by atoms with van der Waals surface area (Å²) in [6.45, 7) is 8.75. The molecular formula is C31H36N6. The number of pyridine rings is 1. The molecule has 1 aromatic heterocycles. The van der Waals surface area contributed by atoms with Gasteiger partial charge in [-0.05, 0) is 62.6 Å². The summed E-state index contributed by atoms with van der Waals surface area (Å²) >= 11 is 0. The highest BCUT2D eigenvalue weighted by Gasteiger charge is 2.16. The van der Waals surface area contributed by atoms with Crippen LogP contribution in [0.25, 0.3) is 22.2 Å². The van der Waals surface area contributed by atoms with Crippen LogP contribution in [0.5, 0.6) is 0 Å². The van der Waals surface area contributed by atoms with Crippen LogP contribution in [-0.2, 0) is 0 Å². The molecule has 190 valence electrons. The Morgan fingerprint density at radius 3 is 1.76 bits per heavy atom. The van der Waals surface area contributed by atoms with Crippen molar-refractivity contribution < 1.29 is 0 Å². The first-order valence-corrected chi connectivity index (χ1v) is 13.4. The third-order valence-electron chi connectivity index (χ3n) is 7.76. The average molecular weight is 493 g/mol. The summed E-state index contributed by atoms with van der Waals surface area (Å²) in [7, 11) is 4.39. The molecule has 0 amide bonds. The van der Waals surface area contributed by atoms with Crippen molar-refractivity contribution in [2.45, 2.75) is 0 Å². The second-order valence-electron chi connectivity index (χ2n) is 10.4. The second kappa shape index (κ2) is 10.4. The summed E-state index contributed by atoms with van der Waals surface area (Å²) < 4.78 is 0. The molecule has 37 heavy (non-hydrogen) atoms. The molecule has 3 heterocycles. The van der Waals surface area contributed by atoms with Gasteiger partial charge in [0.2, 0.25) is 0 Å². The second-order valence-corrected chi connectivity index (χ2v) is 10.4. The van der Waals surface area contributed by atoms with E-state index in [-0.39, 0.29) is 0 Å². The lowest BCUT2D eigenvalue weighted by molar-refractivity contribution is 0.313. The minimum absolute atomic E-state index is 0.986. The Kier molecular flexibility index (Phi) is 6.68. The number of aromatic nitrogens is 1. The first kappa shape index (κ1) is 23.8. The standard InChI is InChI=1S/C31H36N6/c1-34-15-19-36(20-16-34)26-11-7-24(8-12-26)30-23-31(28-5-3-4-6-29(28)33-30)32-25-9-13-27(14-10-25)37-21-17-35(2)18-22-37/h3-14,23H,15-22H2,1-2H3,(H,32,33). The van der Waals surface area contributed by atoms with E-state index in [9.17, 15) is 0 Å². The first-order valence-electron chi connectivity index (χ1n) is 13.4. The van der Waals surface area contributed by atoms with E-state index in [0.717, 1.165) is 85.9 Å². The maximum Gasteiger partial charge on any atom is 0.0730 e. The number of likely N-dealkylation sites (N-methyl/N-ethyl adjacent to an activating group) is 2. The number of nitrogens with zero attached hydrogens (tertiary/aromatic N) is 5. The molecule has 0 unspecified atom stereocenters. The fraction of sp³-hybridized carbons (Fsp3) is 0.323. The van der Waals surface area contributed by atoms with Gasteiger partial charge in [0.1, 0.15) is 0 Å². The molecule has 0 bridgehead atoms. The highest BCUT2D eigenvalue weighted by atomic mass is 15.3. The topological polar surface area (TPSA) is 37.9 Å². The normalized spacial score (nSPS) is 17.4. The first-order chi connectivity index (χ1) is 18.1. The Hall–Kier alpha value is -3.61. The van der Waals surface area contributed by atoms with Crippen LogP contribution in [0.2, 0.25) is 0 Å². The molecule has 3 aromatic carbocycles. The van der Waals surface area contributed by atoms with Gasteiger partial charge in [0.25, 0.3) is 0 Å². The maximum atomic E-state index is 5.01. The highest BCUT2D eigenvalue weighted by Crippen LogP contribution is 2.32. The van der Waals surface area contributed by atoms with Gasteiger partial charge in [-0.2, -0.15) is 0 Å². The molecule has 0 radical (unpaired) electrons. The molecule has 0 saturated carbocycles. The van der Waals surface area contributed by atoms with E-state index in [0.29, 0.717) is 0 Å². The predicted octanol–water partition coefficient (Wildman–Crippen LogP) is 5.15. The zero-order valence-corrected chi connectivity index (χ0v) is 21.9. The monoisotopic (exact) mass is 492 g/mol. The lowest BCUT2D eigenvalue weighted by atomic mass is 10.1. The van der Waals surface area contributed by atoms with E-state index in [2.05, 4.69) is 118 Å². The Morgan fingerprint density at radius 1 is 0.622 bits per heavy atom. The number of piperazine rings is 2. The van der Waals surface area contributed by atoms with Crippen molar-refractivity contribution in [2.24, 2.45) is 0 Å². The SMILES string of the molecule is CN1CCN(c2ccc(Nc3cc(-c4ccc(N5CCN(C)CC5)cc4)nc4ccccc34)cc2)CC1. The summed E-state index contributed by atoms with van der Waals surface area (Å²) in [5.74, 6) is 0. The van der Waals surface area contributed by atoms with Crippen molar-refractivity contribution in [3.05, 3.63) is 78.9 Å². The molecule has 0 atom stereocenters. The van der Waals surface area contributed by atoms with Gasteiger partial charge in [0.15, 0.2) is 0 Å². The van der Waals surface area contributed by atoms with E-state index in [1.807, 2.05) is 0 Å². The van der Waals surface area contributed by atoms with Crippen LogP contribution in [0.3, 0.4) is 0 Å². The van der Waals surface area contributed by atoms with Crippen molar-refractivity contribution in [3.8, 4) is 11.3 Å². The van der Waals surface area contributed by atoms with Crippen molar-refractivity contribution in [1.82, 2.24) is 14.8 Å². The molecule has 1 N–H and O–H groups in total. The Bertz CT molecular complexity index is 1330. The van der Waals surface area contributed by atoms with Crippen LogP contribution in [0, 0.1) is 0 Å². The number of anilines is 4. The molecule has 2 saturated heterocycles. The lowest BCUT2D eigenvalue weighted by Gasteiger charge is -2.34. The molecular weight excluding hydrogens is 456 g/mol. The van der Waals surface area contributed by atoms with Crippen LogP contribution < -0.4 is 15.1 Å². The van der Waals surface area contributed by atoms with E-state index >= 15 is 0 Å². The summed E-state index contributed by atoms with van der Waals surface area (Å²) in [6, 6.07) is 28.3. The van der Waals surface area contributed by atoms with Gasteiger partial charge in [-0.3, -0.25) is 0 Å². The largest absolute Gasteiger partial charge is 0.369 e. The van der Waals surface area contributed by atoms with Crippen LogP contribution in [0.4, 0.5) is 22.7 Å². The summed E-state index contributed by atoms with van der Waals surface area (Å²) in [5, 5.41) is 4.81. The minimum atomic E-state index is 0.986. The zero-order valence-electron chi connectivity index (χ0n) is 21.9. The van der Waals surface area contributed by atoms with Gasteiger partial charge in [-0.25, -0.2) is 4.98 Å². The third-order valence-corrected chi connectivity index (χ3v) is 7.76. The van der Waals surface area contributed by atoms with Crippen molar-refractivity contribution in [1.29, 1.82) is 0 Å². The number of para-hydroxylation sites is 1. The Labute approximate surface area is 220 Å². The molecule has 4 aromatic rings. The molecule has 6 rings (SSSR count). The maximum absolute atomic E-state index is 5.01. The number of hydrogen-bond donors (Lipinski definition) is 1. The van der Waals surface area contributed by atoms with Gasteiger partial charge in [0, 0.05) is 80.4 Å². The van der Waals surface area contributed by atoms with Crippen LogP contribution in [-0.4, -0.2) is 81.2 Å². The number of benzene rings is 3. The van der Waals surface area contributed by atoms with E-state index in [1.165, 1.54) is 11.4 Å². The van der Waals surface area contributed by atoms with E-state index < -0.39 is 0 Å². The van der Waals surface area contributed by atoms with E-state index in [4.69, 9.17) is 4.98 Å². The molecule has 2 aliphatic rings. The fourth-order valence-corrected chi connectivity index (χ4v) is 5.31. The summed E-state index contributed by atoms with van der Waals surface area (Å²) in [4.78, 5) is 14.7. The molecule has 0 aliphatic carbocycles. The van der Waals surface area contributed by atoms with Crippen LogP contribution in [0.15, 0.2) is 78.9 Å². The van der Waals surface area contributed by atoms with Crippen LogP contribution in [0.1, 0.15) is 0 Å². The summed E-state index contributed by atoms with van der Waals surface area (Å²) in [6.07, 6.45) is 0. The van der Waals surface area contributed by atoms with Crippen molar-refractivity contribution >= 4 is 33.7 Å². The molecule has 2 aliphatic heterocycles. The predicted molar refractivity (Wildman–Crippen MR) is 156 cm³/mol. The van der Waals surface area contributed by atoms with Gasteiger partial charge in [-0.15, -0.1) is 0 Å². The molecule has 6 heteroatoms. The van der Waals surface area contributed by atoms with Crippen molar-refractivity contribution in [2.75, 3.05) is 81.6 Å². The zero-order chi connectivity index (χ0) is 25.2. The molecule has 6 nitrogen and oxygen atoms in total. The lowest BCUT2D eigenvalue weighted by Crippen LogP contribution is -2.44. The minimum Gasteiger partial charge on any atom is -0.369 e. The molecule has 2 fully saturated rings.